The van der Waals surface area contributed by atoms with Gasteiger partial charge in [0.05, 0.1) is 17.1 Å². The first-order valence-electron chi connectivity index (χ1n) is 3.64. The summed E-state index contributed by atoms with van der Waals surface area (Å²) in [5.41, 5.74) is 2.30. The molecule has 0 aliphatic rings. The molecule has 76 valence electrons. The molecule has 0 heterocycles. The minimum atomic E-state index is -0.454. The van der Waals surface area contributed by atoms with Crippen LogP contribution in [-0.2, 0) is 0 Å². The summed E-state index contributed by atoms with van der Waals surface area (Å²) in [5, 5.41) is 0.427. The van der Waals surface area contributed by atoms with Crippen molar-refractivity contribution in [3.05, 3.63) is 27.2 Å². The summed E-state index contributed by atoms with van der Waals surface area (Å²) in [7, 11) is 1.46. The molecule has 6 heteroatoms. The number of hydrazine groups is 1. The van der Waals surface area contributed by atoms with E-state index in [9.17, 15) is 4.79 Å². The lowest BCUT2D eigenvalue weighted by Crippen LogP contribution is -2.30. The van der Waals surface area contributed by atoms with Gasteiger partial charge in [-0.3, -0.25) is 10.2 Å². The van der Waals surface area contributed by atoms with Crippen LogP contribution in [0.1, 0.15) is 10.4 Å². The summed E-state index contributed by atoms with van der Waals surface area (Å²) in [5.74, 6) is 4.96. The fraction of sp³-hybridized carbons (Fsp3) is 0.125. The second-order valence-corrected chi connectivity index (χ2v) is 3.73. The summed E-state index contributed by atoms with van der Waals surface area (Å²) in [6.45, 7) is 0. The van der Waals surface area contributed by atoms with Crippen LogP contribution in [0.4, 0.5) is 0 Å². The number of amides is 1. The van der Waals surface area contributed by atoms with Crippen LogP contribution in [0.25, 0.3) is 0 Å². The van der Waals surface area contributed by atoms with E-state index in [1.54, 1.807) is 6.07 Å². The van der Waals surface area contributed by atoms with E-state index in [1.165, 1.54) is 13.2 Å². The van der Waals surface area contributed by atoms with Gasteiger partial charge in [-0.15, -0.1) is 0 Å². The quantitative estimate of drug-likeness (QED) is 0.492. The van der Waals surface area contributed by atoms with E-state index < -0.39 is 5.91 Å². The normalized spacial score (nSPS) is 9.71. The van der Waals surface area contributed by atoms with Gasteiger partial charge >= 0.3 is 0 Å². The third-order valence-corrected chi connectivity index (χ3v) is 2.40. The van der Waals surface area contributed by atoms with Crippen molar-refractivity contribution in [2.24, 2.45) is 5.84 Å². The van der Waals surface area contributed by atoms with Gasteiger partial charge < -0.3 is 4.74 Å². The number of ether oxygens (including phenoxy) is 1. The Bertz CT molecular complexity index is 371. The molecule has 1 aromatic rings. The third-order valence-electron chi connectivity index (χ3n) is 1.59. The summed E-state index contributed by atoms with van der Waals surface area (Å²) in [4.78, 5) is 11.3. The Kier molecular flexibility index (Phi) is 3.74. The first kappa shape index (κ1) is 11.3. The van der Waals surface area contributed by atoms with Gasteiger partial charge in [0, 0.05) is 5.02 Å². The Balaban J connectivity index is 3.32. The molecule has 0 saturated carbocycles. The number of carbonyl (C=O) groups excluding carboxylic acids is 1. The van der Waals surface area contributed by atoms with E-state index in [-0.39, 0.29) is 5.56 Å². The smallest absolute Gasteiger partial charge is 0.269 e. The molecule has 1 amide bonds. The fourth-order valence-corrected chi connectivity index (χ4v) is 1.99. The van der Waals surface area contributed by atoms with Gasteiger partial charge in [0.25, 0.3) is 5.91 Å². The van der Waals surface area contributed by atoms with Crippen molar-refractivity contribution in [3.63, 3.8) is 0 Å². The standard InChI is InChI=1S/C8H8BrClN2O2/c1-14-7-5(8(13)12-11)2-4(10)3-6(7)9/h2-3H,11H2,1H3,(H,12,13). The molecule has 3 N–H and O–H groups in total. The van der Waals surface area contributed by atoms with Gasteiger partial charge in [0.1, 0.15) is 5.75 Å². The zero-order valence-corrected chi connectivity index (χ0v) is 9.65. The van der Waals surface area contributed by atoms with Crippen molar-refractivity contribution < 1.29 is 9.53 Å². The number of nitrogen functional groups attached to an aromatic ring is 1. The van der Waals surface area contributed by atoms with Gasteiger partial charge in [0.2, 0.25) is 0 Å². The third kappa shape index (κ3) is 2.17. The molecule has 14 heavy (non-hydrogen) atoms. The molecule has 0 fully saturated rings. The minimum Gasteiger partial charge on any atom is -0.495 e. The second kappa shape index (κ2) is 4.63. The largest absolute Gasteiger partial charge is 0.495 e. The first-order chi connectivity index (χ1) is 6.60. The average molecular weight is 280 g/mol. The number of hydrogen-bond acceptors (Lipinski definition) is 3. The Morgan fingerprint density at radius 1 is 1.64 bits per heavy atom. The van der Waals surface area contributed by atoms with Crippen molar-refractivity contribution in [1.29, 1.82) is 0 Å². The predicted octanol–water partition coefficient (Wildman–Crippen LogP) is 1.71. The highest BCUT2D eigenvalue weighted by atomic mass is 79.9. The van der Waals surface area contributed by atoms with Crippen molar-refractivity contribution >= 4 is 33.4 Å². The van der Waals surface area contributed by atoms with Crippen molar-refractivity contribution in [3.8, 4) is 5.75 Å². The molecule has 4 nitrogen and oxygen atoms in total. The SMILES string of the molecule is COc1c(Br)cc(Cl)cc1C(=O)NN. The molecule has 0 saturated heterocycles. The number of carbonyl (C=O) groups is 1. The van der Waals surface area contributed by atoms with Crippen LogP contribution in [0.2, 0.25) is 5.02 Å². The van der Waals surface area contributed by atoms with Gasteiger partial charge in [-0.25, -0.2) is 5.84 Å². The van der Waals surface area contributed by atoms with E-state index in [4.69, 9.17) is 22.2 Å². The fourth-order valence-electron chi connectivity index (χ4n) is 1.01. The van der Waals surface area contributed by atoms with E-state index in [2.05, 4.69) is 15.9 Å². The second-order valence-electron chi connectivity index (χ2n) is 2.44. The van der Waals surface area contributed by atoms with E-state index in [0.717, 1.165) is 0 Å². The zero-order valence-electron chi connectivity index (χ0n) is 7.30. The average Bonchev–Trinajstić information content (AvgIpc) is 2.15. The van der Waals surface area contributed by atoms with Gasteiger partial charge in [0.15, 0.2) is 0 Å². The van der Waals surface area contributed by atoms with Crippen LogP contribution in [0, 0.1) is 0 Å². The maximum absolute atomic E-state index is 11.3. The number of nitrogens with one attached hydrogen (secondary N) is 1. The number of hydrogen-bond donors (Lipinski definition) is 2. The summed E-state index contributed by atoms with van der Waals surface area (Å²) < 4.78 is 5.64. The van der Waals surface area contributed by atoms with E-state index in [0.29, 0.717) is 15.2 Å². The topological polar surface area (TPSA) is 64.3 Å². The summed E-state index contributed by atoms with van der Waals surface area (Å²) >= 11 is 9.00. The van der Waals surface area contributed by atoms with E-state index in [1.807, 2.05) is 5.43 Å². The van der Waals surface area contributed by atoms with Crippen molar-refractivity contribution in [2.45, 2.75) is 0 Å². The van der Waals surface area contributed by atoms with Gasteiger partial charge in [-0.05, 0) is 28.1 Å². The maximum Gasteiger partial charge on any atom is 0.269 e. The van der Waals surface area contributed by atoms with Crippen LogP contribution < -0.4 is 16.0 Å². The number of benzene rings is 1. The number of methoxy groups -OCH3 is 1. The molecule has 0 aliphatic heterocycles. The molecule has 0 aliphatic carbocycles. The van der Waals surface area contributed by atoms with Crippen molar-refractivity contribution in [2.75, 3.05) is 7.11 Å². The van der Waals surface area contributed by atoms with Crippen LogP contribution in [-0.4, -0.2) is 13.0 Å². The minimum absolute atomic E-state index is 0.286. The van der Waals surface area contributed by atoms with E-state index >= 15 is 0 Å². The highest BCUT2D eigenvalue weighted by Crippen LogP contribution is 2.32. The first-order valence-corrected chi connectivity index (χ1v) is 4.81. The summed E-state index contributed by atoms with van der Waals surface area (Å²) in [6, 6.07) is 3.11. The molecule has 0 bridgehead atoms. The van der Waals surface area contributed by atoms with Crippen LogP contribution in [0.5, 0.6) is 5.75 Å². The molecular weight excluding hydrogens is 271 g/mol. The molecule has 0 radical (unpaired) electrons. The molecule has 0 spiro atoms. The lowest BCUT2D eigenvalue weighted by Gasteiger charge is -2.09. The lowest BCUT2D eigenvalue weighted by atomic mass is 10.2. The number of halogens is 2. The molecule has 0 aromatic heterocycles. The molecular formula is C8H8BrClN2O2. The lowest BCUT2D eigenvalue weighted by molar-refractivity contribution is 0.0950. The Labute approximate surface area is 94.5 Å². The van der Waals surface area contributed by atoms with Gasteiger partial charge in [-0.2, -0.15) is 0 Å². The number of rotatable bonds is 2. The van der Waals surface area contributed by atoms with Crippen molar-refractivity contribution in [1.82, 2.24) is 5.43 Å². The highest BCUT2D eigenvalue weighted by Gasteiger charge is 2.15. The number of nitrogens with two attached hydrogens (primary N) is 1. The van der Waals surface area contributed by atoms with Crippen LogP contribution in [0.15, 0.2) is 16.6 Å². The summed E-state index contributed by atoms with van der Waals surface area (Å²) in [6.07, 6.45) is 0. The molecule has 0 atom stereocenters. The zero-order chi connectivity index (χ0) is 10.7. The van der Waals surface area contributed by atoms with Crippen LogP contribution in [0.3, 0.4) is 0 Å². The molecule has 1 rings (SSSR count). The Morgan fingerprint density at radius 3 is 2.79 bits per heavy atom. The highest BCUT2D eigenvalue weighted by molar-refractivity contribution is 9.10. The maximum atomic E-state index is 11.3. The monoisotopic (exact) mass is 278 g/mol. The predicted molar refractivity (Wildman–Crippen MR) is 57.4 cm³/mol. The Morgan fingerprint density at radius 2 is 2.29 bits per heavy atom. The molecule has 0 unspecified atom stereocenters. The van der Waals surface area contributed by atoms with Gasteiger partial charge in [-0.1, -0.05) is 11.6 Å². The molecule has 1 aromatic carbocycles. The Hall–Kier alpha value is -0.780. The van der Waals surface area contributed by atoms with Crippen LogP contribution >= 0.6 is 27.5 Å².